The summed E-state index contributed by atoms with van der Waals surface area (Å²) in [5, 5.41) is 22.7. The van der Waals surface area contributed by atoms with E-state index in [1.165, 1.54) is 0 Å². The van der Waals surface area contributed by atoms with E-state index in [-0.39, 0.29) is 0 Å². The Labute approximate surface area is 134 Å². The first kappa shape index (κ1) is 18.6. The molecule has 1 aromatic carbocycles. The monoisotopic (exact) mass is 344 g/mol. The van der Waals surface area contributed by atoms with Crippen LogP contribution >= 0.6 is 0 Å². The topological polar surface area (TPSA) is 157 Å². The van der Waals surface area contributed by atoms with Crippen LogP contribution in [0.1, 0.15) is 20.7 Å². The molecule has 0 unspecified atom stereocenters. The van der Waals surface area contributed by atoms with Gasteiger partial charge in [-0.1, -0.05) is 0 Å². The minimum absolute atomic E-state index is 0.729. The van der Waals surface area contributed by atoms with E-state index in [4.69, 9.17) is 9.47 Å². The fourth-order valence-electron chi connectivity index (χ4n) is 2.01. The van der Waals surface area contributed by atoms with Gasteiger partial charge < -0.3 is 18.9 Å². The molecule has 0 amide bonds. The predicted molar refractivity (Wildman–Crippen MR) is 75.5 cm³/mol. The molecule has 0 heterocycles. The lowest BCUT2D eigenvalue weighted by Crippen LogP contribution is -2.16. The van der Waals surface area contributed by atoms with Gasteiger partial charge in [-0.05, 0) is 0 Å². The van der Waals surface area contributed by atoms with Crippen LogP contribution in [-0.4, -0.2) is 50.2 Å². The van der Waals surface area contributed by atoms with Crippen molar-refractivity contribution in [2.24, 2.45) is 0 Å². The van der Waals surface area contributed by atoms with Gasteiger partial charge in [-0.2, -0.15) is 0 Å². The van der Waals surface area contributed by atoms with Crippen LogP contribution in [0.25, 0.3) is 0 Å². The summed E-state index contributed by atoms with van der Waals surface area (Å²) < 4.78 is 18.4. The van der Waals surface area contributed by atoms with Gasteiger partial charge in [0.2, 0.25) is 0 Å². The second-order valence-electron chi connectivity index (χ2n) is 4.01. The maximum absolute atomic E-state index is 11.9. The van der Waals surface area contributed by atoms with Gasteiger partial charge in [0.05, 0.1) is 38.3 Å². The highest BCUT2D eigenvalue weighted by Gasteiger charge is 2.44. The average molecular weight is 344 g/mol. The van der Waals surface area contributed by atoms with Crippen molar-refractivity contribution in [3.8, 4) is 11.5 Å². The first-order valence-corrected chi connectivity index (χ1v) is 6.04. The Kier molecular flexibility index (Phi) is 5.59. The molecule has 0 radical (unpaired) electrons. The van der Waals surface area contributed by atoms with Gasteiger partial charge in [-0.25, -0.2) is 9.59 Å². The molecule has 0 atom stereocenters. The Morgan fingerprint density at radius 3 is 1.29 bits per heavy atom. The number of hydrogen-bond acceptors (Lipinski definition) is 10. The predicted octanol–water partition coefficient (Wildman–Crippen LogP) is 1.09. The molecule has 12 nitrogen and oxygen atoms in total. The molecule has 24 heavy (non-hydrogen) atoms. The molecule has 0 aromatic heterocycles. The zero-order valence-electron chi connectivity index (χ0n) is 13.0. The van der Waals surface area contributed by atoms with Crippen LogP contribution in [-0.2, 0) is 9.47 Å². The lowest BCUT2D eigenvalue weighted by Gasteiger charge is -2.14. The lowest BCUT2D eigenvalue weighted by atomic mass is 10.0. The molecule has 0 spiro atoms. The molecule has 0 saturated carbocycles. The SMILES string of the molecule is COC(=O)c1c(OC)c(C(=O)OC)c([N+](=O)[O-])c(OC)c1[N+](=O)[O-]. The Balaban J connectivity index is 4.24. The number of benzene rings is 1. The van der Waals surface area contributed by atoms with Crippen LogP contribution in [0.5, 0.6) is 11.5 Å². The number of hydrogen-bond donors (Lipinski definition) is 0. The number of ether oxygens (including phenoxy) is 4. The van der Waals surface area contributed by atoms with Gasteiger partial charge in [0.1, 0.15) is 0 Å². The third-order valence-electron chi connectivity index (χ3n) is 2.91. The fraction of sp³-hybridized carbons (Fsp3) is 0.333. The first-order valence-electron chi connectivity index (χ1n) is 6.04. The van der Waals surface area contributed by atoms with Crippen molar-refractivity contribution >= 4 is 23.3 Å². The summed E-state index contributed by atoms with van der Waals surface area (Å²) in [6.07, 6.45) is 0. The van der Waals surface area contributed by atoms with Gasteiger partial charge in [0.15, 0.2) is 16.9 Å². The molecule has 0 aliphatic heterocycles. The number of methoxy groups -OCH3 is 4. The van der Waals surface area contributed by atoms with Gasteiger partial charge >= 0.3 is 23.3 Å². The van der Waals surface area contributed by atoms with Crippen molar-refractivity contribution in [3.05, 3.63) is 31.4 Å². The Morgan fingerprint density at radius 2 is 1.08 bits per heavy atom. The quantitative estimate of drug-likeness (QED) is 0.415. The zero-order valence-corrected chi connectivity index (χ0v) is 13.0. The van der Waals surface area contributed by atoms with Gasteiger partial charge in [-0.15, -0.1) is 0 Å². The highest BCUT2D eigenvalue weighted by molar-refractivity contribution is 6.08. The van der Waals surface area contributed by atoms with Gasteiger partial charge in [-0.3, -0.25) is 20.2 Å². The summed E-state index contributed by atoms with van der Waals surface area (Å²) in [5.74, 6) is -4.15. The summed E-state index contributed by atoms with van der Waals surface area (Å²) in [6, 6.07) is 0. The van der Waals surface area contributed by atoms with E-state index >= 15 is 0 Å². The Morgan fingerprint density at radius 1 is 0.750 bits per heavy atom. The van der Waals surface area contributed by atoms with E-state index in [0.29, 0.717) is 0 Å². The number of rotatable bonds is 6. The van der Waals surface area contributed by atoms with E-state index in [1.54, 1.807) is 0 Å². The van der Waals surface area contributed by atoms with Crippen LogP contribution in [0.2, 0.25) is 0 Å². The highest BCUT2D eigenvalue weighted by Crippen LogP contribution is 2.48. The minimum atomic E-state index is -1.25. The maximum atomic E-state index is 11.9. The summed E-state index contributed by atoms with van der Waals surface area (Å²) in [4.78, 5) is 44.4. The normalized spacial score (nSPS) is 9.83. The van der Waals surface area contributed by atoms with Crippen LogP contribution in [0, 0.1) is 20.2 Å². The number of nitro groups is 2. The van der Waals surface area contributed by atoms with Crippen LogP contribution in [0.15, 0.2) is 0 Å². The van der Waals surface area contributed by atoms with Crippen molar-refractivity contribution in [1.29, 1.82) is 0 Å². The van der Waals surface area contributed by atoms with E-state index in [0.717, 1.165) is 28.4 Å². The second kappa shape index (κ2) is 7.21. The molecule has 0 aliphatic rings. The molecular formula is C12H12N2O10. The summed E-state index contributed by atoms with van der Waals surface area (Å²) in [6.45, 7) is 0. The van der Waals surface area contributed by atoms with Gasteiger partial charge in [0.25, 0.3) is 5.75 Å². The molecule has 0 bridgehead atoms. The summed E-state index contributed by atoms with van der Waals surface area (Å²) >= 11 is 0. The first-order chi connectivity index (χ1) is 11.3. The Bertz CT molecular complexity index is 672. The molecule has 1 rings (SSSR count). The third kappa shape index (κ3) is 2.88. The van der Waals surface area contributed by atoms with Crippen molar-refractivity contribution < 1.29 is 38.4 Å². The van der Waals surface area contributed by atoms with E-state index in [1.807, 2.05) is 0 Å². The number of esters is 2. The van der Waals surface area contributed by atoms with E-state index in [9.17, 15) is 29.8 Å². The zero-order chi connectivity index (χ0) is 18.6. The number of nitro benzene ring substituents is 2. The molecule has 1 aromatic rings. The fourth-order valence-corrected chi connectivity index (χ4v) is 2.01. The van der Waals surface area contributed by atoms with Gasteiger partial charge in [0, 0.05) is 0 Å². The summed E-state index contributed by atoms with van der Waals surface area (Å²) in [5.41, 5.74) is -3.76. The molecule has 0 N–H and O–H groups in total. The Hall–Kier alpha value is -3.44. The summed E-state index contributed by atoms with van der Waals surface area (Å²) in [7, 11) is 3.73. The van der Waals surface area contributed by atoms with Crippen LogP contribution < -0.4 is 9.47 Å². The standard InChI is InChI=1S/C12H12N2O10/c1-21-9-5(11(15)23-3)7(13(17)18)10(22-2)8(14(19)20)6(9)12(16)24-4/h1-4H3. The number of nitrogens with zero attached hydrogens (tertiary/aromatic N) is 2. The van der Waals surface area contributed by atoms with Crippen molar-refractivity contribution in [2.75, 3.05) is 28.4 Å². The van der Waals surface area contributed by atoms with E-state index in [2.05, 4.69) is 9.47 Å². The minimum Gasteiger partial charge on any atom is -0.494 e. The number of carbonyl (C=O) groups is 2. The molecule has 12 heteroatoms. The number of carbonyl (C=O) groups excluding carboxylic acids is 2. The van der Waals surface area contributed by atoms with Crippen molar-refractivity contribution in [1.82, 2.24) is 0 Å². The molecule has 0 fully saturated rings. The smallest absolute Gasteiger partial charge is 0.348 e. The third-order valence-corrected chi connectivity index (χ3v) is 2.91. The van der Waals surface area contributed by atoms with E-state index < -0.39 is 55.8 Å². The molecule has 130 valence electrons. The lowest BCUT2D eigenvalue weighted by molar-refractivity contribution is -0.396. The highest BCUT2D eigenvalue weighted by atomic mass is 16.6. The van der Waals surface area contributed by atoms with Crippen molar-refractivity contribution in [2.45, 2.75) is 0 Å². The molecule has 0 saturated heterocycles. The average Bonchev–Trinajstić information content (AvgIpc) is 2.56. The molecule has 0 aliphatic carbocycles. The van der Waals surface area contributed by atoms with Crippen LogP contribution in [0.3, 0.4) is 0 Å². The molecular weight excluding hydrogens is 332 g/mol. The second-order valence-corrected chi connectivity index (χ2v) is 4.01. The maximum Gasteiger partial charge on any atom is 0.348 e. The van der Waals surface area contributed by atoms with Crippen molar-refractivity contribution in [3.63, 3.8) is 0 Å². The largest absolute Gasteiger partial charge is 0.494 e. The van der Waals surface area contributed by atoms with Crippen LogP contribution in [0.4, 0.5) is 11.4 Å².